The predicted octanol–water partition coefficient (Wildman–Crippen LogP) is 2.48. The van der Waals surface area contributed by atoms with Crippen LogP contribution in [0.25, 0.3) is 10.3 Å². The molecule has 0 unspecified atom stereocenters. The average molecular weight is 376 g/mol. The number of benzene rings is 1. The van der Waals surface area contributed by atoms with Crippen molar-refractivity contribution in [1.82, 2.24) is 20.3 Å². The zero-order chi connectivity index (χ0) is 17.5. The Labute approximate surface area is 154 Å². The third-order valence-electron chi connectivity index (χ3n) is 3.59. The van der Waals surface area contributed by atoms with E-state index in [9.17, 15) is 0 Å². The van der Waals surface area contributed by atoms with Crippen molar-refractivity contribution >= 4 is 38.6 Å². The molecule has 6 nitrogen and oxygen atoms in total. The van der Waals surface area contributed by atoms with Crippen LogP contribution in [0.4, 0.5) is 5.13 Å². The van der Waals surface area contributed by atoms with E-state index in [0.29, 0.717) is 17.3 Å². The fourth-order valence-electron chi connectivity index (χ4n) is 2.41. The number of fused-ring (bicyclic) bond motifs is 1. The van der Waals surface area contributed by atoms with Gasteiger partial charge in [-0.25, -0.2) is 15.0 Å². The number of thiazole rings is 1. The lowest BCUT2D eigenvalue weighted by Gasteiger charge is -2.06. The van der Waals surface area contributed by atoms with Crippen molar-refractivity contribution in [3.05, 3.63) is 41.6 Å². The Hall–Kier alpha value is -1.74. The van der Waals surface area contributed by atoms with Gasteiger partial charge in [-0.05, 0) is 24.9 Å². The number of hydrogen-bond acceptors (Lipinski definition) is 8. The van der Waals surface area contributed by atoms with Crippen molar-refractivity contribution in [3.8, 4) is 0 Å². The molecule has 0 atom stereocenters. The first-order valence-electron chi connectivity index (χ1n) is 8.17. The third kappa shape index (κ3) is 5.12. The standard InChI is InChI=1S/C17H21N5OS2/c18-16-21-15-14(25-16)13(7-4-8-19-9-10-23)20-17(22-15)24-11-12-5-2-1-3-6-12/h1-3,5-6,19,23H,4,7-11H2,(H2,18,20,21,22). The van der Waals surface area contributed by atoms with Crippen molar-refractivity contribution in [2.24, 2.45) is 0 Å². The van der Waals surface area contributed by atoms with Gasteiger partial charge in [-0.15, -0.1) is 0 Å². The first-order chi connectivity index (χ1) is 12.3. The van der Waals surface area contributed by atoms with E-state index in [-0.39, 0.29) is 6.61 Å². The number of aliphatic hydroxyl groups is 1. The van der Waals surface area contributed by atoms with Gasteiger partial charge < -0.3 is 16.2 Å². The summed E-state index contributed by atoms with van der Waals surface area (Å²) in [7, 11) is 0. The fourth-order valence-corrected chi connectivity index (χ4v) is 4.02. The lowest BCUT2D eigenvalue weighted by Crippen LogP contribution is -2.19. The van der Waals surface area contributed by atoms with Gasteiger partial charge in [-0.3, -0.25) is 0 Å². The highest BCUT2D eigenvalue weighted by molar-refractivity contribution is 7.98. The minimum Gasteiger partial charge on any atom is -0.395 e. The van der Waals surface area contributed by atoms with E-state index >= 15 is 0 Å². The second-order valence-corrected chi connectivity index (χ2v) is 7.48. The van der Waals surface area contributed by atoms with Crippen LogP contribution >= 0.6 is 23.1 Å². The fraction of sp³-hybridized carbons (Fsp3) is 0.353. The lowest BCUT2D eigenvalue weighted by molar-refractivity contribution is 0.292. The Kier molecular flexibility index (Phi) is 6.57. The largest absolute Gasteiger partial charge is 0.395 e. The highest BCUT2D eigenvalue weighted by Crippen LogP contribution is 2.29. The molecule has 0 fully saturated rings. The number of rotatable bonds is 9. The van der Waals surface area contributed by atoms with Crippen LogP contribution in [-0.4, -0.2) is 39.8 Å². The van der Waals surface area contributed by atoms with Gasteiger partial charge in [0.15, 0.2) is 15.9 Å². The van der Waals surface area contributed by atoms with E-state index in [1.54, 1.807) is 11.8 Å². The lowest BCUT2D eigenvalue weighted by atomic mass is 10.2. The maximum atomic E-state index is 8.81. The first kappa shape index (κ1) is 18.1. The van der Waals surface area contributed by atoms with E-state index in [0.717, 1.165) is 40.7 Å². The van der Waals surface area contributed by atoms with E-state index in [1.165, 1.54) is 16.9 Å². The third-order valence-corrected chi connectivity index (χ3v) is 5.43. The van der Waals surface area contributed by atoms with Crippen LogP contribution in [0.1, 0.15) is 17.7 Å². The van der Waals surface area contributed by atoms with E-state index < -0.39 is 0 Å². The van der Waals surface area contributed by atoms with Crippen LogP contribution in [0.2, 0.25) is 0 Å². The molecule has 0 spiro atoms. The van der Waals surface area contributed by atoms with Gasteiger partial charge >= 0.3 is 0 Å². The van der Waals surface area contributed by atoms with Crippen molar-refractivity contribution in [1.29, 1.82) is 0 Å². The van der Waals surface area contributed by atoms with Gasteiger partial charge in [-0.1, -0.05) is 53.4 Å². The number of thioether (sulfide) groups is 1. The quantitative estimate of drug-likeness (QED) is 0.300. The van der Waals surface area contributed by atoms with E-state index in [2.05, 4.69) is 27.4 Å². The van der Waals surface area contributed by atoms with Crippen molar-refractivity contribution in [2.45, 2.75) is 23.8 Å². The molecule has 0 saturated carbocycles. The molecule has 25 heavy (non-hydrogen) atoms. The molecule has 0 bridgehead atoms. The topological polar surface area (TPSA) is 97.0 Å². The molecule has 3 aromatic rings. The van der Waals surface area contributed by atoms with Gasteiger partial charge in [0.05, 0.1) is 17.0 Å². The molecule has 132 valence electrons. The van der Waals surface area contributed by atoms with Crippen molar-refractivity contribution in [2.75, 3.05) is 25.4 Å². The molecule has 2 heterocycles. The van der Waals surface area contributed by atoms with E-state index in [1.807, 2.05) is 18.2 Å². The smallest absolute Gasteiger partial charge is 0.190 e. The minimum absolute atomic E-state index is 0.156. The first-order valence-corrected chi connectivity index (χ1v) is 9.97. The Morgan fingerprint density at radius 3 is 2.76 bits per heavy atom. The highest BCUT2D eigenvalue weighted by Gasteiger charge is 2.13. The molecule has 1 aromatic carbocycles. The second kappa shape index (κ2) is 9.10. The molecule has 0 aliphatic heterocycles. The van der Waals surface area contributed by atoms with Crippen molar-refractivity contribution < 1.29 is 5.11 Å². The van der Waals surface area contributed by atoms with Gasteiger partial charge in [0.1, 0.15) is 0 Å². The summed E-state index contributed by atoms with van der Waals surface area (Å²) < 4.78 is 0.976. The number of nitrogens with two attached hydrogens (primary N) is 1. The Morgan fingerprint density at radius 1 is 1.12 bits per heavy atom. The molecular formula is C17H21N5OS2. The summed E-state index contributed by atoms with van der Waals surface area (Å²) in [6.45, 7) is 1.61. The molecule has 0 radical (unpaired) electrons. The molecule has 0 aliphatic rings. The molecule has 0 saturated heterocycles. The number of aliphatic hydroxyl groups excluding tert-OH is 1. The van der Waals surface area contributed by atoms with Crippen LogP contribution in [0.5, 0.6) is 0 Å². The number of aromatic nitrogens is 3. The monoisotopic (exact) mass is 375 g/mol. The Bertz CT molecular complexity index is 809. The predicted molar refractivity (Wildman–Crippen MR) is 104 cm³/mol. The zero-order valence-electron chi connectivity index (χ0n) is 13.8. The van der Waals surface area contributed by atoms with E-state index in [4.69, 9.17) is 15.8 Å². The SMILES string of the molecule is Nc1nc2nc(SCc3ccccc3)nc(CCCNCCO)c2s1. The number of anilines is 1. The minimum atomic E-state index is 0.156. The van der Waals surface area contributed by atoms with Crippen LogP contribution in [0.15, 0.2) is 35.5 Å². The summed E-state index contributed by atoms with van der Waals surface area (Å²) >= 11 is 3.05. The maximum Gasteiger partial charge on any atom is 0.190 e. The molecule has 8 heteroatoms. The Morgan fingerprint density at radius 2 is 1.96 bits per heavy atom. The molecule has 4 N–H and O–H groups in total. The summed E-state index contributed by atoms with van der Waals surface area (Å²) in [5.74, 6) is 0.823. The summed E-state index contributed by atoms with van der Waals surface area (Å²) in [6.07, 6.45) is 1.77. The number of nitrogens with one attached hydrogen (secondary N) is 1. The molecule has 3 rings (SSSR count). The van der Waals surface area contributed by atoms with Gasteiger partial charge in [-0.2, -0.15) is 0 Å². The normalized spacial score (nSPS) is 11.2. The molecule has 0 amide bonds. The number of hydrogen-bond donors (Lipinski definition) is 3. The average Bonchev–Trinajstić information content (AvgIpc) is 3.01. The van der Waals surface area contributed by atoms with Gasteiger partial charge in [0.25, 0.3) is 0 Å². The molecule has 0 aliphatic carbocycles. The molecule has 2 aromatic heterocycles. The summed E-state index contributed by atoms with van der Waals surface area (Å²) in [5, 5.41) is 13.3. The number of nitrogen functional groups attached to an aromatic ring is 1. The maximum absolute atomic E-state index is 8.81. The van der Waals surface area contributed by atoms with Gasteiger partial charge in [0.2, 0.25) is 0 Å². The van der Waals surface area contributed by atoms with Crippen LogP contribution in [-0.2, 0) is 12.2 Å². The number of aryl methyl sites for hydroxylation is 1. The number of nitrogens with zero attached hydrogens (tertiary/aromatic N) is 3. The summed E-state index contributed by atoms with van der Waals surface area (Å²) in [6, 6.07) is 10.3. The van der Waals surface area contributed by atoms with Gasteiger partial charge in [0, 0.05) is 12.3 Å². The van der Waals surface area contributed by atoms with Crippen LogP contribution in [0.3, 0.4) is 0 Å². The summed E-state index contributed by atoms with van der Waals surface area (Å²) in [4.78, 5) is 13.6. The highest BCUT2D eigenvalue weighted by atomic mass is 32.2. The van der Waals surface area contributed by atoms with Crippen LogP contribution in [0, 0.1) is 0 Å². The summed E-state index contributed by atoms with van der Waals surface area (Å²) in [5.41, 5.74) is 8.79. The zero-order valence-corrected chi connectivity index (χ0v) is 15.4. The second-order valence-electron chi connectivity index (χ2n) is 5.51. The Balaban J connectivity index is 1.72. The molecular weight excluding hydrogens is 354 g/mol. The van der Waals surface area contributed by atoms with Crippen molar-refractivity contribution in [3.63, 3.8) is 0 Å². The van der Waals surface area contributed by atoms with Crippen LogP contribution < -0.4 is 11.1 Å².